The van der Waals surface area contributed by atoms with Crippen LogP contribution in [-0.4, -0.2) is 37.2 Å². The van der Waals surface area contributed by atoms with Gasteiger partial charge in [0.25, 0.3) is 0 Å². The van der Waals surface area contributed by atoms with E-state index in [9.17, 15) is 0 Å². The molecule has 3 aromatic rings. The smallest absolute Gasteiger partial charge is 0.0264 e. The number of alkyl halides is 1. The van der Waals surface area contributed by atoms with Crippen molar-refractivity contribution in [3.63, 3.8) is 0 Å². The van der Waals surface area contributed by atoms with E-state index < -0.39 is 0 Å². The number of allylic oxidation sites excluding steroid dienone is 1. The molecule has 0 atom stereocenters. The third-order valence-corrected chi connectivity index (χ3v) is 5.96. The Morgan fingerprint density at radius 1 is 0.759 bits per heavy atom. The van der Waals surface area contributed by atoms with E-state index in [1.54, 1.807) is 0 Å². The Morgan fingerprint density at radius 3 is 1.86 bits per heavy atom. The number of nitrogens with zero attached hydrogens (tertiary/aromatic N) is 1. The molecule has 150 valence electrons. The summed E-state index contributed by atoms with van der Waals surface area (Å²) in [7, 11) is 4.23. The van der Waals surface area contributed by atoms with Crippen LogP contribution in [0.3, 0.4) is 0 Å². The second-order valence-corrected chi connectivity index (χ2v) is 8.75. The maximum atomic E-state index is 6.23. The SMILES string of the molecule is CN(C)CCSc1ccc(/C(=C(\CCCl)c2ccccc2)c2ccccc2)cc1. The Morgan fingerprint density at radius 2 is 1.31 bits per heavy atom. The van der Waals surface area contributed by atoms with Crippen molar-refractivity contribution in [2.45, 2.75) is 11.3 Å². The normalized spacial score (nSPS) is 12.1. The lowest BCUT2D eigenvalue weighted by molar-refractivity contribution is 0.437. The zero-order valence-electron chi connectivity index (χ0n) is 17.1. The van der Waals surface area contributed by atoms with Gasteiger partial charge in [0.2, 0.25) is 0 Å². The molecule has 0 radical (unpaired) electrons. The summed E-state index contributed by atoms with van der Waals surface area (Å²) in [5.74, 6) is 1.69. The Bertz CT molecular complexity index is 902. The van der Waals surface area contributed by atoms with Gasteiger partial charge in [-0.3, -0.25) is 0 Å². The van der Waals surface area contributed by atoms with E-state index in [2.05, 4.69) is 104 Å². The quantitative estimate of drug-likeness (QED) is 0.209. The van der Waals surface area contributed by atoms with Gasteiger partial charge in [0.1, 0.15) is 0 Å². The van der Waals surface area contributed by atoms with Gasteiger partial charge in [-0.05, 0) is 60.5 Å². The lowest BCUT2D eigenvalue weighted by atomic mass is 9.88. The Labute approximate surface area is 184 Å². The topological polar surface area (TPSA) is 3.24 Å². The van der Waals surface area contributed by atoms with Crippen LogP contribution in [-0.2, 0) is 0 Å². The van der Waals surface area contributed by atoms with E-state index in [1.165, 1.54) is 32.7 Å². The lowest BCUT2D eigenvalue weighted by Gasteiger charge is -2.17. The third kappa shape index (κ3) is 6.24. The summed E-state index contributed by atoms with van der Waals surface area (Å²) in [4.78, 5) is 3.53. The molecule has 0 unspecified atom stereocenters. The molecule has 0 saturated carbocycles. The van der Waals surface area contributed by atoms with Gasteiger partial charge in [-0.15, -0.1) is 23.4 Å². The van der Waals surface area contributed by atoms with Crippen LogP contribution >= 0.6 is 23.4 Å². The molecule has 0 amide bonds. The molecular weight excluding hydrogens is 394 g/mol. The highest BCUT2D eigenvalue weighted by Gasteiger charge is 2.14. The summed E-state index contributed by atoms with van der Waals surface area (Å²) < 4.78 is 0. The van der Waals surface area contributed by atoms with Crippen LogP contribution in [0.5, 0.6) is 0 Å². The fourth-order valence-electron chi connectivity index (χ4n) is 3.33. The van der Waals surface area contributed by atoms with E-state index in [1.807, 2.05) is 11.8 Å². The first kappa shape index (κ1) is 21.7. The number of halogens is 1. The molecule has 3 aromatic carbocycles. The summed E-state index contributed by atoms with van der Waals surface area (Å²) in [6.45, 7) is 1.08. The predicted molar refractivity (Wildman–Crippen MR) is 130 cm³/mol. The van der Waals surface area contributed by atoms with Crippen molar-refractivity contribution in [1.29, 1.82) is 0 Å². The van der Waals surface area contributed by atoms with Crippen LogP contribution in [0.4, 0.5) is 0 Å². The van der Waals surface area contributed by atoms with E-state index in [0.29, 0.717) is 5.88 Å². The largest absolute Gasteiger partial charge is 0.309 e. The van der Waals surface area contributed by atoms with Gasteiger partial charge in [-0.1, -0.05) is 72.8 Å². The van der Waals surface area contributed by atoms with Crippen LogP contribution in [0.2, 0.25) is 0 Å². The van der Waals surface area contributed by atoms with E-state index >= 15 is 0 Å². The molecule has 0 fully saturated rings. The molecule has 0 aromatic heterocycles. The molecule has 0 aliphatic rings. The maximum Gasteiger partial charge on any atom is 0.0264 e. The van der Waals surface area contributed by atoms with Gasteiger partial charge < -0.3 is 4.90 Å². The van der Waals surface area contributed by atoms with Crippen molar-refractivity contribution in [3.8, 4) is 0 Å². The average Bonchev–Trinajstić information content (AvgIpc) is 2.75. The van der Waals surface area contributed by atoms with Crippen molar-refractivity contribution < 1.29 is 0 Å². The van der Waals surface area contributed by atoms with Crippen LogP contribution in [0.1, 0.15) is 23.1 Å². The van der Waals surface area contributed by atoms with Crippen molar-refractivity contribution >= 4 is 34.5 Å². The van der Waals surface area contributed by atoms with Crippen molar-refractivity contribution in [3.05, 3.63) is 102 Å². The molecule has 3 heteroatoms. The highest BCUT2D eigenvalue weighted by atomic mass is 35.5. The number of benzene rings is 3. The van der Waals surface area contributed by atoms with Crippen LogP contribution in [0.25, 0.3) is 11.1 Å². The molecular formula is C26H28ClNS. The van der Waals surface area contributed by atoms with Gasteiger partial charge >= 0.3 is 0 Å². The van der Waals surface area contributed by atoms with E-state index in [0.717, 1.165) is 18.7 Å². The Hall–Kier alpha value is -2.00. The van der Waals surface area contributed by atoms with Crippen molar-refractivity contribution in [2.24, 2.45) is 0 Å². The highest BCUT2D eigenvalue weighted by molar-refractivity contribution is 7.99. The zero-order chi connectivity index (χ0) is 20.5. The summed E-state index contributed by atoms with van der Waals surface area (Å²) in [6.07, 6.45) is 0.829. The zero-order valence-corrected chi connectivity index (χ0v) is 18.7. The number of thioether (sulfide) groups is 1. The van der Waals surface area contributed by atoms with Gasteiger partial charge in [-0.2, -0.15) is 0 Å². The first-order valence-electron chi connectivity index (χ1n) is 9.97. The minimum atomic E-state index is 0.596. The van der Waals surface area contributed by atoms with E-state index in [4.69, 9.17) is 11.6 Å². The predicted octanol–water partition coefficient (Wildman–Crippen LogP) is 6.93. The molecule has 0 N–H and O–H groups in total. The molecule has 0 heterocycles. The van der Waals surface area contributed by atoms with Gasteiger partial charge in [0.05, 0.1) is 0 Å². The average molecular weight is 422 g/mol. The van der Waals surface area contributed by atoms with E-state index in [-0.39, 0.29) is 0 Å². The molecule has 0 aliphatic heterocycles. The second-order valence-electron chi connectivity index (χ2n) is 7.20. The fourth-order valence-corrected chi connectivity index (χ4v) is 4.54. The van der Waals surface area contributed by atoms with Crippen molar-refractivity contribution in [2.75, 3.05) is 32.3 Å². The molecule has 0 aliphatic carbocycles. The highest BCUT2D eigenvalue weighted by Crippen LogP contribution is 2.35. The molecule has 3 rings (SSSR count). The summed E-state index contributed by atoms with van der Waals surface area (Å²) in [5, 5.41) is 0. The second kappa shape index (κ2) is 11.3. The first-order valence-corrected chi connectivity index (χ1v) is 11.5. The molecule has 0 spiro atoms. The Balaban J connectivity index is 2.02. The first-order chi connectivity index (χ1) is 14.2. The standard InChI is InChI=1S/C26H28ClNS/c1-28(2)19-20-29-24-15-13-23(14-16-24)26(22-11-7-4-8-12-22)25(17-18-27)21-9-5-3-6-10-21/h3-16H,17-20H2,1-2H3/b26-25+. The van der Waals surface area contributed by atoms with Crippen LogP contribution in [0.15, 0.2) is 89.8 Å². The number of hydrogen-bond acceptors (Lipinski definition) is 2. The summed E-state index contributed by atoms with van der Waals surface area (Å²) in [6, 6.07) is 30.2. The molecule has 0 bridgehead atoms. The van der Waals surface area contributed by atoms with Crippen LogP contribution in [0, 0.1) is 0 Å². The third-order valence-electron chi connectivity index (χ3n) is 4.78. The Kier molecular flexibility index (Phi) is 8.42. The lowest BCUT2D eigenvalue weighted by Crippen LogP contribution is -2.14. The van der Waals surface area contributed by atoms with Crippen LogP contribution < -0.4 is 0 Å². The monoisotopic (exact) mass is 421 g/mol. The molecule has 0 saturated heterocycles. The van der Waals surface area contributed by atoms with Crippen molar-refractivity contribution in [1.82, 2.24) is 4.90 Å². The fraction of sp³-hybridized carbons (Fsp3) is 0.231. The van der Waals surface area contributed by atoms with Gasteiger partial charge in [-0.25, -0.2) is 0 Å². The minimum Gasteiger partial charge on any atom is -0.309 e. The molecule has 29 heavy (non-hydrogen) atoms. The van der Waals surface area contributed by atoms with Gasteiger partial charge in [0.15, 0.2) is 0 Å². The summed E-state index contributed by atoms with van der Waals surface area (Å²) in [5.41, 5.74) is 6.25. The number of hydrogen-bond donors (Lipinski definition) is 0. The molecule has 1 nitrogen and oxygen atoms in total. The number of rotatable bonds is 9. The van der Waals surface area contributed by atoms with Gasteiger partial charge in [0, 0.05) is 23.1 Å². The maximum absolute atomic E-state index is 6.23. The summed E-state index contributed by atoms with van der Waals surface area (Å²) >= 11 is 8.13. The minimum absolute atomic E-state index is 0.596.